The van der Waals surface area contributed by atoms with Gasteiger partial charge in [0.05, 0.1) is 15.6 Å². The zero-order valence-electron chi connectivity index (χ0n) is 19.0. The van der Waals surface area contributed by atoms with Crippen LogP contribution in [0.1, 0.15) is 64.5 Å². The lowest BCUT2D eigenvalue weighted by atomic mass is 10.0. The number of carbonyl (C=O) groups is 2. The van der Waals surface area contributed by atoms with Crippen molar-refractivity contribution < 1.29 is 28.3 Å². The maximum absolute atomic E-state index is 14.3. The standard InChI is InChI=1S/C26H21Cl2FN2O5/c27-18-2-1-3-19(28)20(18)22-21(23(36-30-22)14-4-5-14)25(34)35-26-7-6-13(11-26)12-31(26)17-9-15(24(32)33)8-16(29)10-17/h1-3,8-10,13-14H,4-7,11-12H2,(H,32,33)/t13-,26-/m0/s1. The van der Waals surface area contributed by atoms with Crippen LogP contribution < -0.4 is 4.90 Å². The minimum Gasteiger partial charge on any atom is -0.478 e. The Morgan fingerprint density at radius 3 is 2.58 bits per heavy atom. The lowest BCUT2D eigenvalue weighted by Gasteiger charge is -2.39. The molecule has 36 heavy (non-hydrogen) atoms. The molecule has 7 nitrogen and oxygen atoms in total. The molecule has 0 spiro atoms. The molecule has 10 heteroatoms. The second-order valence-corrected chi connectivity index (χ2v) is 10.5. The number of carbonyl (C=O) groups excluding carboxylic acids is 1. The predicted octanol–water partition coefficient (Wildman–Crippen LogP) is 6.54. The second kappa shape index (κ2) is 8.49. The Morgan fingerprint density at radius 2 is 1.92 bits per heavy atom. The third-order valence-corrected chi connectivity index (χ3v) is 7.91. The van der Waals surface area contributed by atoms with Crippen LogP contribution >= 0.6 is 23.2 Å². The van der Waals surface area contributed by atoms with Gasteiger partial charge >= 0.3 is 11.9 Å². The first kappa shape index (κ1) is 23.3. The number of benzene rings is 2. The molecule has 0 unspecified atom stereocenters. The lowest BCUT2D eigenvalue weighted by molar-refractivity contribution is -0.0110. The van der Waals surface area contributed by atoms with Gasteiger partial charge in [-0.2, -0.15) is 0 Å². The zero-order chi connectivity index (χ0) is 25.2. The number of esters is 1. The molecule has 0 radical (unpaired) electrons. The van der Waals surface area contributed by atoms with E-state index in [1.165, 1.54) is 12.1 Å². The van der Waals surface area contributed by atoms with Gasteiger partial charge in [-0.05, 0) is 55.5 Å². The molecule has 1 N–H and O–H groups in total. The first-order valence-corrected chi connectivity index (χ1v) is 12.5. The molecule has 1 saturated heterocycles. The molecule has 2 bridgehead atoms. The highest BCUT2D eigenvalue weighted by Crippen LogP contribution is 2.51. The van der Waals surface area contributed by atoms with Crippen LogP contribution in [0.15, 0.2) is 40.9 Å². The van der Waals surface area contributed by atoms with Gasteiger partial charge in [-0.1, -0.05) is 34.4 Å². The van der Waals surface area contributed by atoms with Gasteiger partial charge in [0.15, 0.2) is 11.5 Å². The van der Waals surface area contributed by atoms with E-state index >= 15 is 0 Å². The number of rotatable bonds is 6. The fraction of sp³-hybridized carbons (Fsp3) is 0.346. The van der Waals surface area contributed by atoms with E-state index in [4.69, 9.17) is 32.5 Å². The predicted molar refractivity (Wildman–Crippen MR) is 130 cm³/mol. The Hall–Kier alpha value is -3.10. The van der Waals surface area contributed by atoms with E-state index < -0.39 is 23.5 Å². The number of piperidine rings is 1. The van der Waals surface area contributed by atoms with Crippen LogP contribution in [0.5, 0.6) is 0 Å². The van der Waals surface area contributed by atoms with Crippen LogP contribution in [-0.2, 0) is 4.74 Å². The molecule has 2 saturated carbocycles. The topological polar surface area (TPSA) is 92.9 Å². The van der Waals surface area contributed by atoms with Gasteiger partial charge in [-0.25, -0.2) is 14.0 Å². The Kier molecular flexibility index (Phi) is 5.50. The van der Waals surface area contributed by atoms with E-state index in [0.717, 1.165) is 25.3 Å². The van der Waals surface area contributed by atoms with Gasteiger partial charge in [0.25, 0.3) is 0 Å². The number of aromatic carboxylic acids is 1. The van der Waals surface area contributed by atoms with E-state index in [2.05, 4.69) is 5.16 Å². The molecule has 2 aromatic carbocycles. The Morgan fingerprint density at radius 1 is 1.17 bits per heavy atom. The van der Waals surface area contributed by atoms with E-state index in [9.17, 15) is 19.1 Å². The Balaban J connectivity index is 1.40. The zero-order valence-corrected chi connectivity index (χ0v) is 20.5. The van der Waals surface area contributed by atoms with Gasteiger partial charge in [0.1, 0.15) is 17.1 Å². The molecule has 6 rings (SSSR count). The monoisotopic (exact) mass is 530 g/mol. The molecule has 0 amide bonds. The van der Waals surface area contributed by atoms with Crippen LogP contribution in [0.3, 0.4) is 0 Å². The lowest BCUT2D eigenvalue weighted by Crippen LogP contribution is -2.48. The minimum atomic E-state index is -1.23. The van der Waals surface area contributed by atoms with Crippen molar-refractivity contribution in [2.75, 3.05) is 11.4 Å². The van der Waals surface area contributed by atoms with Crippen molar-refractivity contribution in [2.45, 2.75) is 43.7 Å². The number of halogens is 3. The van der Waals surface area contributed by atoms with Crippen molar-refractivity contribution in [3.8, 4) is 11.3 Å². The van der Waals surface area contributed by atoms with Gasteiger partial charge < -0.3 is 19.3 Å². The summed E-state index contributed by atoms with van der Waals surface area (Å²) in [4.78, 5) is 27.2. The fourth-order valence-corrected chi connectivity index (χ4v) is 6.07. The summed E-state index contributed by atoms with van der Waals surface area (Å²) in [6.07, 6.45) is 3.67. The normalized spacial score (nSPS) is 22.8. The van der Waals surface area contributed by atoms with Gasteiger partial charge in [0, 0.05) is 36.6 Å². The number of fused-ring (bicyclic) bond motifs is 2. The average molecular weight is 531 g/mol. The Bertz CT molecular complexity index is 1380. The van der Waals surface area contributed by atoms with E-state index in [1.807, 2.05) is 0 Å². The summed E-state index contributed by atoms with van der Waals surface area (Å²) in [5.74, 6) is -1.78. The maximum atomic E-state index is 14.3. The van der Waals surface area contributed by atoms with Crippen molar-refractivity contribution in [1.82, 2.24) is 5.16 Å². The highest BCUT2D eigenvalue weighted by Gasteiger charge is 2.55. The van der Waals surface area contributed by atoms with Crippen LogP contribution in [0.25, 0.3) is 11.3 Å². The molecule has 2 atom stereocenters. The molecule has 3 aromatic rings. The minimum absolute atomic E-state index is 0.0601. The first-order chi connectivity index (χ1) is 17.3. The van der Waals surface area contributed by atoms with Gasteiger partial charge in [-0.15, -0.1) is 0 Å². The smallest absolute Gasteiger partial charge is 0.346 e. The number of nitrogens with zero attached hydrogens (tertiary/aromatic N) is 2. The number of aromatic nitrogens is 1. The van der Waals surface area contributed by atoms with Gasteiger partial charge in [-0.3, -0.25) is 0 Å². The summed E-state index contributed by atoms with van der Waals surface area (Å²) in [7, 11) is 0. The van der Waals surface area contributed by atoms with Crippen LogP contribution in [-0.4, -0.2) is 34.5 Å². The third-order valence-electron chi connectivity index (χ3n) is 7.28. The molecule has 186 valence electrons. The van der Waals surface area contributed by atoms with Crippen molar-refractivity contribution in [3.63, 3.8) is 0 Å². The number of hydrogen-bond donors (Lipinski definition) is 1. The molecule has 2 heterocycles. The summed E-state index contributed by atoms with van der Waals surface area (Å²) in [5, 5.41) is 14.2. The highest BCUT2D eigenvalue weighted by atomic mass is 35.5. The maximum Gasteiger partial charge on any atom is 0.346 e. The van der Waals surface area contributed by atoms with Gasteiger partial charge in [0.2, 0.25) is 0 Å². The quantitative estimate of drug-likeness (QED) is 0.361. The molecule has 1 aromatic heterocycles. The molecular weight excluding hydrogens is 510 g/mol. The van der Waals surface area contributed by atoms with E-state index in [0.29, 0.717) is 46.4 Å². The molecule has 2 aliphatic carbocycles. The largest absolute Gasteiger partial charge is 0.478 e. The van der Waals surface area contributed by atoms with E-state index in [1.54, 1.807) is 23.1 Å². The number of hydrogen-bond acceptors (Lipinski definition) is 6. The molecule has 3 fully saturated rings. The van der Waals surface area contributed by atoms with Crippen LogP contribution in [0.2, 0.25) is 10.0 Å². The second-order valence-electron chi connectivity index (χ2n) is 9.70. The SMILES string of the molecule is O=C(O)c1cc(F)cc(N2C[C@H]3CC[C@]2(OC(=O)c2c(-c4c(Cl)cccc4Cl)noc2C2CC2)C3)c1. The van der Waals surface area contributed by atoms with Crippen LogP contribution in [0, 0.1) is 11.7 Å². The third kappa shape index (κ3) is 3.83. The first-order valence-electron chi connectivity index (χ1n) is 11.7. The molecule has 3 aliphatic rings. The summed E-state index contributed by atoms with van der Waals surface area (Å²) in [6.45, 7) is 0.526. The number of carboxylic acid groups (broad SMARTS) is 1. The molecular formula is C26H21Cl2FN2O5. The Labute approximate surface area is 215 Å². The summed E-state index contributed by atoms with van der Waals surface area (Å²) in [5.41, 5.74) is -0.0194. The number of ether oxygens (including phenoxy) is 1. The summed E-state index contributed by atoms with van der Waals surface area (Å²) in [6, 6.07) is 8.67. The average Bonchev–Trinajstić information content (AvgIpc) is 3.31. The van der Waals surface area contributed by atoms with Crippen molar-refractivity contribution >= 4 is 40.8 Å². The summed E-state index contributed by atoms with van der Waals surface area (Å²) < 4.78 is 26.2. The van der Waals surface area contributed by atoms with Crippen molar-refractivity contribution in [2.24, 2.45) is 5.92 Å². The van der Waals surface area contributed by atoms with E-state index in [-0.39, 0.29) is 28.7 Å². The number of anilines is 1. The summed E-state index contributed by atoms with van der Waals surface area (Å²) >= 11 is 12.9. The van der Waals surface area contributed by atoms with Crippen LogP contribution in [0.4, 0.5) is 10.1 Å². The number of carboxylic acids is 1. The van der Waals surface area contributed by atoms with Crippen molar-refractivity contribution in [3.05, 3.63) is 69.1 Å². The fourth-order valence-electron chi connectivity index (χ4n) is 5.49. The highest BCUT2D eigenvalue weighted by molar-refractivity contribution is 6.39. The molecule has 1 aliphatic heterocycles. The van der Waals surface area contributed by atoms with Crippen molar-refractivity contribution in [1.29, 1.82) is 0 Å².